The number of benzene rings is 1. The molecular formula is C25H26N10O2. The van der Waals surface area contributed by atoms with Gasteiger partial charge in [0.05, 0.1) is 30.3 Å². The maximum atomic E-state index is 13.6. The summed E-state index contributed by atoms with van der Waals surface area (Å²) in [6.45, 7) is 4.87. The third-order valence-electron chi connectivity index (χ3n) is 6.37. The highest BCUT2D eigenvalue weighted by Gasteiger charge is 2.32. The SMILES string of the molecule is Cc1cc(NC(=O)N2CCc3c(-c4cnc(N)nc4)nc(N4CCOCC4)nc32)n(-c2ccccc2)n1. The van der Waals surface area contributed by atoms with Gasteiger partial charge in [-0.3, -0.25) is 10.2 Å². The second-order valence-corrected chi connectivity index (χ2v) is 8.85. The number of urea groups is 1. The number of carbonyl (C=O) groups is 1. The Morgan fingerprint density at radius 3 is 2.57 bits per heavy atom. The molecule has 3 aromatic heterocycles. The fourth-order valence-electron chi connectivity index (χ4n) is 4.58. The van der Waals surface area contributed by atoms with Crippen molar-refractivity contribution in [1.82, 2.24) is 29.7 Å². The summed E-state index contributed by atoms with van der Waals surface area (Å²) in [5.74, 6) is 1.88. The highest BCUT2D eigenvalue weighted by molar-refractivity contribution is 6.03. The molecule has 0 aliphatic carbocycles. The molecule has 5 heterocycles. The zero-order valence-corrected chi connectivity index (χ0v) is 20.3. The van der Waals surface area contributed by atoms with E-state index in [1.807, 2.05) is 43.3 Å². The zero-order chi connectivity index (χ0) is 25.4. The Kier molecular flexibility index (Phi) is 5.85. The number of amides is 2. The number of rotatable bonds is 4. The van der Waals surface area contributed by atoms with Crippen LogP contribution in [0, 0.1) is 6.92 Å². The average Bonchev–Trinajstić information content (AvgIpc) is 3.53. The van der Waals surface area contributed by atoms with Crippen molar-refractivity contribution >= 4 is 29.6 Å². The summed E-state index contributed by atoms with van der Waals surface area (Å²) in [7, 11) is 0. The lowest BCUT2D eigenvalue weighted by molar-refractivity contribution is 0.122. The van der Waals surface area contributed by atoms with Crippen molar-refractivity contribution in [2.45, 2.75) is 13.3 Å². The second-order valence-electron chi connectivity index (χ2n) is 8.85. The van der Waals surface area contributed by atoms with Gasteiger partial charge in [0.1, 0.15) is 11.6 Å². The molecule has 1 aromatic carbocycles. The van der Waals surface area contributed by atoms with E-state index in [0.29, 0.717) is 62.5 Å². The van der Waals surface area contributed by atoms with Crippen LogP contribution in [0.1, 0.15) is 11.3 Å². The lowest BCUT2D eigenvalue weighted by Crippen LogP contribution is -2.38. The van der Waals surface area contributed by atoms with Gasteiger partial charge in [-0.05, 0) is 25.5 Å². The van der Waals surface area contributed by atoms with Crippen LogP contribution in [0.25, 0.3) is 16.9 Å². The molecule has 0 bridgehead atoms. The predicted molar refractivity (Wildman–Crippen MR) is 139 cm³/mol. The number of hydrogen-bond donors (Lipinski definition) is 2. The van der Waals surface area contributed by atoms with E-state index in [0.717, 1.165) is 22.5 Å². The molecule has 0 atom stereocenters. The van der Waals surface area contributed by atoms with Crippen LogP contribution < -0.4 is 20.9 Å². The lowest BCUT2D eigenvalue weighted by atomic mass is 10.1. The Morgan fingerprint density at radius 1 is 1.05 bits per heavy atom. The topological polar surface area (TPSA) is 140 Å². The molecule has 6 rings (SSSR count). The number of nitrogens with zero attached hydrogens (tertiary/aromatic N) is 8. The highest BCUT2D eigenvalue weighted by Crippen LogP contribution is 2.36. The fraction of sp³-hybridized carbons (Fsp3) is 0.280. The van der Waals surface area contributed by atoms with E-state index < -0.39 is 0 Å². The number of nitrogens with two attached hydrogens (primary N) is 1. The smallest absolute Gasteiger partial charge is 0.328 e. The third-order valence-corrected chi connectivity index (χ3v) is 6.37. The van der Waals surface area contributed by atoms with Gasteiger partial charge in [-0.2, -0.15) is 10.1 Å². The van der Waals surface area contributed by atoms with E-state index in [1.54, 1.807) is 22.0 Å². The van der Waals surface area contributed by atoms with Crippen LogP contribution in [0.5, 0.6) is 0 Å². The van der Waals surface area contributed by atoms with Gasteiger partial charge in [0.15, 0.2) is 0 Å². The first kappa shape index (κ1) is 22.9. The van der Waals surface area contributed by atoms with Crippen LogP contribution >= 0.6 is 0 Å². The van der Waals surface area contributed by atoms with Gasteiger partial charge in [-0.25, -0.2) is 24.4 Å². The number of anilines is 4. The first-order chi connectivity index (χ1) is 18.1. The van der Waals surface area contributed by atoms with E-state index >= 15 is 0 Å². The molecule has 0 spiro atoms. The quantitative estimate of drug-likeness (QED) is 0.434. The molecule has 0 saturated carbocycles. The fourth-order valence-corrected chi connectivity index (χ4v) is 4.58. The minimum absolute atomic E-state index is 0.189. The maximum Gasteiger partial charge on any atom is 0.328 e. The Labute approximate surface area is 213 Å². The minimum Gasteiger partial charge on any atom is -0.378 e. The number of para-hydroxylation sites is 1. The van der Waals surface area contributed by atoms with Crippen molar-refractivity contribution in [2.75, 3.05) is 53.7 Å². The largest absolute Gasteiger partial charge is 0.378 e. The molecule has 37 heavy (non-hydrogen) atoms. The Bertz CT molecular complexity index is 1430. The number of fused-ring (bicyclic) bond motifs is 1. The normalized spacial score (nSPS) is 15.1. The summed E-state index contributed by atoms with van der Waals surface area (Å²) in [6.07, 6.45) is 3.90. The van der Waals surface area contributed by atoms with Crippen molar-refractivity contribution in [3.63, 3.8) is 0 Å². The molecule has 0 unspecified atom stereocenters. The molecule has 1 fully saturated rings. The molecular weight excluding hydrogens is 472 g/mol. The van der Waals surface area contributed by atoms with Crippen molar-refractivity contribution < 1.29 is 9.53 Å². The first-order valence-electron chi connectivity index (χ1n) is 12.1. The van der Waals surface area contributed by atoms with E-state index in [1.165, 1.54) is 0 Å². The van der Waals surface area contributed by atoms with Crippen LogP contribution in [-0.2, 0) is 11.2 Å². The van der Waals surface area contributed by atoms with Gasteiger partial charge in [0, 0.05) is 49.2 Å². The van der Waals surface area contributed by atoms with Gasteiger partial charge in [0.25, 0.3) is 0 Å². The summed E-state index contributed by atoms with van der Waals surface area (Å²) >= 11 is 0. The van der Waals surface area contributed by atoms with Crippen molar-refractivity contribution in [2.24, 2.45) is 0 Å². The molecule has 188 valence electrons. The molecule has 2 aliphatic rings. The number of morpholine rings is 1. The average molecular weight is 499 g/mol. The summed E-state index contributed by atoms with van der Waals surface area (Å²) in [4.78, 5) is 35.3. The van der Waals surface area contributed by atoms with E-state index in [9.17, 15) is 4.79 Å². The molecule has 3 N–H and O–H groups in total. The number of nitrogens with one attached hydrogen (secondary N) is 1. The number of carbonyl (C=O) groups excluding carboxylic acids is 1. The van der Waals surface area contributed by atoms with E-state index in [4.69, 9.17) is 20.4 Å². The number of aryl methyl sites for hydroxylation is 1. The van der Waals surface area contributed by atoms with Crippen molar-refractivity contribution in [3.8, 4) is 16.9 Å². The number of nitrogen functional groups attached to an aromatic ring is 1. The molecule has 12 heteroatoms. The summed E-state index contributed by atoms with van der Waals surface area (Å²) < 4.78 is 7.23. The number of hydrogen-bond acceptors (Lipinski definition) is 9. The number of ether oxygens (including phenoxy) is 1. The zero-order valence-electron chi connectivity index (χ0n) is 20.3. The molecule has 1 saturated heterocycles. The molecule has 2 amide bonds. The lowest BCUT2D eigenvalue weighted by Gasteiger charge is -2.28. The van der Waals surface area contributed by atoms with Crippen LogP contribution in [0.3, 0.4) is 0 Å². The first-order valence-corrected chi connectivity index (χ1v) is 12.1. The van der Waals surface area contributed by atoms with Crippen LogP contribution in [-0.4, -0.2) is 68.6 Å². The maximum absolute atomic E-state index is 13.6. The van der Waals surface area contributed by atoms with Gasteiger partial charge in [-0.15, -0.1) is 0 Å². The van der Waals surface area contributed by atoms with Gasteiger partial charge in [-0.1, -0.05) is 18.2 Å². The molecule has 2 aliphatic heterocycles. The molecule has 4 aromatic rings. The monoisotopic (exact) mass is 498 g/mol. The summed E-state index contributed by atoms with van der Waals surface area (Å²) in [5.41, 5.74) is 9.66. The summed E-state index contributed by atoms with van der Waals surface area (Å²) in [5, 5.41) is 7.59. The standard InChI is InChI=1S/C25H26N10O2/c1-16-13-20(35(32-16)18-5-3-2-4-6-18)29-25(36)34-8-7-19-21(17-14-27-23(26)28-15-17)30-24(31-22(19)34)33-9-11-37-12-10-33/h2-6,13-15H,7-12H2,1H3,(H,29,36)(H2,26,27,28). The van der Waals surface area contributed by atoms with Crippen molar-refractivity contribution in [3.05, 3.63) is 60.0 Å². The molecule has 0 radical (unpaired) electrons. The van der Waals surface area contributed by atoms with Crippen molar-refractivity contribution in [1.29, 1.82) is 0 Å². The van der Waals surface area contributed by atoms with Crippen LogP contribution in [0.2, 0.25) is 0 Å². The van der Waals surface area contributed by atoms with Gasteiger partial charge in [0.2, 0.25) is 11.9 Å². The van der Waals surface area contributed by atoms with Crippen LogP contribution in [0.4, 0.5) is 28.3 Å². The highest BCUT2D eigenvalue weighted by atomic mass is 16.5. The minimum atomic E-state index is -0.290. The Morgan fingerprint density at radius 2 is 1.81 bits per heavy atom. The predicted octanol–water partition coefficient (Wildman–Crippen LogP) is 2.44. The van der Waals surface area contributed by atoms with Gasteiger partial charge >= 0.3 is 6.03 Å². The van der Waals surface area contributed by atoms with Crippen LogP contribution in [0.15, 0.2) is 48.8 Å². The third kappa shape index (κ3) is 4.42. The second kappa shape index (κ2) is 9.47. The van der Waals surface area contributed by atoms with E-state index in [-0.39, 0.29) is 12.0 Å². The van der Waals surface area contributed by atoms with Gasteiger partial charge < -0.3 is 15.4 Å². The Balaban J connectivity index is 1.36. The Hall–Kier alpha value is -4.58. The summed E-state index contributed by atoms with van der Waals surface area (Å²) in [6, 6.07) is 11.2. The van der Waals surface area contributed by atoms with E-state index in [2.05, 4.69) is 25.3 Å². The number of aromatic nitrogens is 6. The molecule has 12 nitrogen and oxygen atoms in total.